The van der Waals surface area contributed by atoms with Gasteiger partial charge in [0.2, 0.25) is 5.43 Å². The maximum Gasteiger partial charge on any atom is 0.284 e. The molecule has 0 aliphatic rings. The number of pyridine rings is 1. The highest BCUT2D eigenvalue weighted by molar-refractivity contribution is 7.98. The van der Waals surface area contributed by atoms with Crippen molar-refractivity contribution in [2.24, 2.45) is 0 Å². The number of nitrogens with one attached hydrogen (secondary N) is 1. The van der Waals surface area contributed by atoms with Gasteiger partial charge in [-0.3, -0.25) is 19.5 Å². The number of aromatic amines is 1. The van der Waals surface area contributed by atoms with E-state index in [-0.39, 0.29) is 11.4 Å². The van der Waals surface area contributed by atoms with Gasteiger partial charge in [0.1, 0.15) is 11.6 Å². The van der Waals surface area contributed by atoms with Crippen LogP contribution in [0.4, 0.5) is 5.82 Å². The first-order chi connectivity index (χ1) is 13.3. The normalized spacial score (nSPS) is 11.4. The molecule has 3 aromatic rings. The first kappa shape index (κ1) is 19.7. The summed E-state index contributed by atoms with van der Waals surface area (Å²) in [6.45, 7) is 5.43. The number of nitriles is 1. The molecule has 1 amide bonds. The van der Waals surface area contributed by atoms with Crippen LogP contribution in [-0.4, -0.2) is 27.4 Å². The van der Waals surface area contributed by atoms with E-state index in [9.17, 15) is 14.9 Å². The molecule has 0 unspecified atom stereocenters. The molecule has 0 bridgehead atoms. The van der Waals surface area contributed by atoms with Crippen molar-refractivity contribution < 1.29 is 9.63 Å². The minimum Gasteiger partial charge on any atom is -0.300 e. The van der Waals surface area contributed by atoms with Gasteiger partial charge in [-0.15, -0.1) is 11.8 Å². The number of H-pyrrole nitrogens is 1. The third-order valence-electron chi connectivity index (χ3n) is 3.88. The zero-order valence-electron chi connectivity index (χ0n) is 16.0. The number of hydroxylamine groups is 1. The van der Waals surface area contributed by atoms with Crippen molar-refractivity contribution in [2.75, 3.05) is 11.3 Å². The fourth-order valence-corrected chi connectivity index (χ4v) is 3.35. The zero-order chi connectivity index (χ0) is 20.5. The predicted molar refractivity (Wildman–Crippen MR) is 109 cm³/mol. The number of hydrogen-bond donors (Lipinski definition) is 1. The largest absolute Gasteiger partial charge is 0.300 e. The molecule has 1 N–H and O–H groups in total. The van der Waals surface area contributed by atoms with Crippen molar-refractivity contribution in [3.8, 4) is 6.07 Å². The fourth-order valence-electron chi connectivity index (χ4n) is 2.76. The molecular formula is C20H20N4O3S. The van der Waals surface area contributed by atoms with Crippen molar-refractivity contribution in [3.05, 3.63) is 63.9 Å². The smallest absolute Gasteiger partial charge is 0.284 e. The summed E-state index contributed by atoms with van der Waals surface area (Å²) in [5.41, 5.74) is -0.363. The molecule has 0 saturated carbocycles. The highest BCUT2D eigenvalue weighted by Crippen LogP contribution is 2.27. The molecule has 3 rings (SSSR count). The average molecular weight is 396 g/mol. The molecule has 8 heteroatoms. The summed E-state index contributed by atoms with van der Waals surface area (Å²) in [5.74, 6) is -0.216. The number of thioether (sulfide) groups is 1. The van der Waals surface area contributed by atoms with Gasteiger partial charge in [0.15, 0.2) is 5.82 Å². The number of amides is 1. The molecule has 2 aromatic heterocycles. The van der Waals surface area contributed by atoms with E-state index < -0.39 is 16.9 Å². The first-order valence-corrected chi connectivity index (χ1v) is 9.79. The molecular weight excluding hydrogens is 376 g/mol. The summed E-state index contributed by atoms with van der Waals surface area (Å²) in [7, 11) is 0. The third-order valence-corrected chi connectivity index (χ3v) is 4.68. The molecule has 0 aliphatic heterocycles. The van der Waals surface area contributed by atoms with E-state index in [1.54, 1.807) is 24.4 Å². The molecule has 7 nitrogen and oxygen atoms in total. The van der Waals surface area contributed by atoms with E-state index in [4.69, 9.17) is 4.84 Å². The second kappa shape index (κ2) is 7.54. The van der Waals surface area contributed by atoms with Crippen molar-refractivity contribution >= 4 is 29.0 Å². The Bertz CT molecular complexity index is 1130. The second-order valence-corrected chi connectivity index (χ2v) is 7.89. The number of rotatable bonds is 4. The maximum atomic E-state index is 13.4. The van der Waals surface area contributed by atoms with E-state index in [0.717, 1.165) is 9.96 Å². The Balaban J connectivity index is 2.24. The van der Waals surface area contributed by atoms with Gasteiger partial charge in [0, 0.05) is 17.2 Å². The number of aromatic nitrogens is 2. The number of fused-ring (bicyclic) bond motifs is 1. The van der Waals surface area contributed by atoms with Crippen molar-refractivity contribution in [1.29, 1.82) is 5.26 Å². The Labute approximate surface area is 166 Å². The van der Waals surface area contributed by atoms with E-state index in [0.29, 0.717) is 11.1 Å². The Morgan fingerprint density at radius 3 is 2.64 bits per heavy atom. The first-order valence-electron chi connectivity index (χ1n) is 8.56. The lowest BCUT2D eigenvalue weighted by atomic mass is 10.2. The summed E-state index contributed by atoms with van der Waals surface area (Å²) < 4.78 is 1.49. The number of anilines is 1. The summed E-state index contributed by atoms with van der Waals surface area (Å²) in [5, 5.41) is 13.4. The highest BCUT2D eigenvalue weighted by atomic mass is 32.2. The summed E-state index contributed by atoms with van der Waals surface area (Å²) in [4.78, 5) is 32.7. The van der Waals surface area contributed by atoms with Gasteiger partial charge in [-0.05, 0) is 45.2 Å². The van der Waals surface area contributed by atoms with Crippen LogP contribution in [-0.2, 0) is 4.84 Å². The van der Waals surface area contributed by atoms with Crippen molar-refractivity contribution in [2.45, 2.75) is 31.3 Å². The van der Waals surface area contributed by atoms with E-state index in [1.807, 2.05) is 45.2 Å². The molecule has 0 fully saturated rings. The minimum absolute atomic E-state index is 0.00216. The summed E-state index contributed by atoms with van der Waals surface area (Å²) in [6, 6.07) is 11.9. The lowest BCUT2D eigenvalue weighted by Crippen LogP contribution is -2.40. The Morgan fingerprint density at radius 2 is 2.00 bits per heavy atom. The summed E-state index contributed by atoms with van der Waals surface area (Å²) in [6.07, 6.45) is 3.48. The highest BCUT2D eigenvalue weighted by Gasteiger charge is 2.29. The van der Waals surface area contributed by atoms with Crippen LogP contribution in [0, 0.1) is 11.3 Å². The Kier molecular flexibility index (Phi) is 5.31. The standard InChI is InChI=1S/C20H20N4O3S/c1-20(2,3)27-24(19(26)13-7-5-6-8-17(13)28-4)18-11-16(25)14(12-21)15-9-10-22-23(15)18/h5-11,22H,1-4H3. The average Bonchev–Trinajstić information content (AvgIpc) is 3.14. The number of benzene rings is 1. The zero-order valence-corrected chi connectivity index (χ0v) is 16.8. The lowest BCUT2D eigenvalue weighted by molar-refractivity contribution is -0.0172. The van der Waals surface area contributed by atoms with E-state index in [1.165, 1.54) is 22.3 Å². The van der Waals surface area contributed by atoms with E-state index in [2.05, 4.69) is 5.10 Å². The molecule has 0 saturated heterocycles. The number of hydrogen-bond acceptors (Lipinski definition) is 5. The second-order valence-electron chi connectivity index (χ2n) is 7.04. The molecule has 0 radical (unpaired) electrons. The van der Waals surface area contributed by atoms with Gasteiger partial charge in [-0.1, -0.05) is 12.1 Å². The molecule has 144 valence electrons. The molecule has 1 aromatic carbocycles. The van der Waals surface area contributed by atoms with Gasteiger partial charge >= 0.3 is 0 Å². The predicted octanol–water partition coefficient (Wildman–Crippen LogP) is 3.60. The lowest BCUT2D eigenvalue weighted by Gasteiger charge is -2.30. The van der Waals surface area contributed by atoms with Gasteiger partial charge in [0.25, 0.3) is 5.91 Å². The van der Waals surface area contributed by atoms with Crippen LogP contribution in [0.15, 0.2) is 52.3 Å². The van der Waals surface area contributed by atoms with Crippen LogP contribution in [0.2, 0.25) is 0 Å². The topological polar surface area (TPSA) is 90.6 Å². The molecule has 2 heterocycles. The minimum atomic E-state index is -0.708. The van der Waals surface area contributed by atoms with Gasteiger partial charge in [-0.2, -0.15) is 10.3 Å². The van der Waals surface area contributed by atoms with Crippen molar-refractivity contribution in [1.82, 2.24) is 9.61 Å². The van der Waals surface area contributed by atoms with Gasteiger partial charge < -0.3 is 0 Å². The monoisotopic (exact) mass is 396 g/mol. The molecule has 0 spiro atoms. The van der Waals surface area contributed by atoms with Gasteiger partial charge in [0.05, 0.1) is 16.7 Å². The van der Waals surface area contributed by atoms with E-state index >= 15 is 0 Å². The van der Waals surface area contributed by atoms with Crippen LogP contribution in [0.3, 0.4) is 0 Å². The van der Waals surface area contributed by atoms with Crippen LogP contribution >= 0.6 is 11.8 Å². The number of nitrogens with zero attached hydrogens (tertiary/aromatic N) is 3. The van der Waals surface area contributed by atoms with Gasteiger partial charge in [-0.25, -0.2) is 4.52 Å². The van der Waals surface area contributed by atoms with Crippen LogP contribution in [0.25, 0.3) is 5.52 Å². The maximum absolute atomic E-state index is 13.4. The van der Waals surface area contributed by atoms with Crippen LogP contribution in [0.1, 0.15) is 36.7 Å². The SMILES string of the molecule is CSc1ccccc1C(=O)N(OC(C)(C)C)c1cc(=O)c(C#N)c2cc[nH]n12. The fraction of sp³-hybridized carbons (Fsp3) is 0.250. The third kappa shape index (κ3) is 3.67. The molecule has 0 atom stereocenters. The Hall–Kier alpha value is -3.02. The molecule has 0 aliphatic carbocycles. The van der Waals surface area contributed by atoms with Crippen LogP contribution < -0.4 is 10.5 Å². The molecule has 28 heavy (non-hydrogen) atoms. The number of carbonyl (C=O) groups excluding carboxylic acids is 1. The van der Waals surface area contributed by atoms with Crippen LogP contribution in [0.5, 0.6) is 0 Å². The quantitative estimate of drug-likeness (QED) is 0.537. The van der Waals surface area contributed by atoms with Crippen molar-refractivity contribution in [3.63, 3.8) is 0 Å². The Morgan fingerprint density at radius 1 is 1.29 bits per heavy atom. The summed E-state index contributed by atoms with van der Waals surface area (Å²) >= 11 is 1.45. The number of carbonyl (C=O) groups is 1.